The second kappa shape index (κ2) is 7.30. The molecule has 7 nitrogen and oxygen atoms in total. The van der Waals surface area contributed by atoms with Crippen molar-refractivity contribution in [2.75, 3.05) is 13.2 Å². The van der Waals surface area contributed by atoms with Crippen LogP contribution in [0.3, 0.4) is 0 Å². The third-order valence-corrected chi connectivity index (χ3v) is 4.61. The van der Waals surface area contributed by atoms with Crippen LogP contribution < -0.4 is 10.9 Å². The molecule has 1 aliphatic rings. The van der Waals surface area contributed by atoms with Crippen molar-refractivity contribution in [3.05, 3.63) is 65.0 Å². The number of hydrogen-bond donors (Lipinski definition) is 2. The number of amides is 1. The number of aliphatic hydroxyl groups is 1. The average molecular weight is 365 g/mol. The molecular weight excluding hydrogens is 346 g/mol. The van der Waals surface area contributed by atoms with Gasteiger partial charge in [0, 0.05) is 10.9 Å². The van der Waals surface area contributed by atoms with Crippen LogP contribution in [0, 0.1) is 0 Å². The van der Waals surface area contributed by atoms with Crippen molar-refractivity contribution in [3.8, 4) is 11.3 Å². The molecule has 0 unspecified atom stereocenters. The lowest BCUT2D eigenvalue weighted by Crippen LogP contribution is -2.45. The summed E-state index contributed by atoms with van der Waals surface area (Å²) in [6.07, 6.45) is -0.741. The number of ether oxygens (including phenoxy) is 1. The highest BCUT2D eigenvalue weighted by atomic mass is 16.5. The van der Waals surface area contributed by atoms with Crippen molar-refractivity contribution in [2.24, 2.45) is 0 Å². The Bertz CT molecular complexity index is 1030. The van der Waals surface area contributed by atoms with E-state index in [1.165, 1.54) is 4.68 Å². The van der Waals surface area contributed by atoms with Crippen LogP contribution in [0.25, 0.3) is 22.0 Å². The van der Waals surface area contributed by atoms with Crippen molar-refractivity contribution < 1.29 is 14.6 Å². The quantitative estimate of drug-likeness (QED) is 0.718. The molecule has 0 radical (unpaired) electrons. The van der Waals surface area contributed by atoms with E-state index in [-0.39, 0.29) is 25.3 Å². The van der Waals surface area contributed by atoms with Gasteiger partial charge in [0.2, 0.25) is 5.91 Å². The van der Waals surface area contributed by atoms with Gasteiger partial charge in [0.1, 0.15) is 6.54 Å². The van der Waals surface area contributed by atoms with E-state index >= 15 is 0 Å². The summed E-state index contributed by atoms with van der Waals surface area (Å²) in [7, 11) is 0. The van der Waals surface area contributed by atoms with Crippen LogP contribution in [-0.4, -0.2) is 46.2 Å². The second-order valence-electron chi connectivity index (χ2n) is 6.50. The normalized spacial score (nSPS) is 19.3. The van der Waals surface area contributed by atoms with Gasteiger partial charge in [0.15, 0.2) is 0 Å². The molecule has 1 amide bonds. The molecule has 1 saturated heterocycles. The summed E-state index contributed by atoms with van der Waals surface area (Å²) in [5.74, 6) is -0.395. The maximum atomic E-state index is 12.8. The Morgan fingerprint density at radius 2 is 1.81 bits per heavy atom. The Balaban J connectivity index is 1.71. The molecule has 2 aromatic carbocycles. The van der Waals surface area contributed by atoms with Gasteiger partial charge in [0.25, 0.3) is 5.56 Å². The number of nitrogens with zero attached hydrogens (tertiary/aromatic N) is 2. The standard InChI is InChI=1S/C20H19N3O4/c24-17-12-27-11-16(17)21-18(25)10-23-20(26)15-9-5-4-8-14(15)19(22-23)13-6-2-1-3-7-13/h1-9,16-17,24H,10-12H2,(H,21,25)/t16-,17-/m0/s1. The van der Waals surface area contributed by atoms with Gasteiger partial charge in [-0.3, -0.25) is 9.59 Å². The molecule has 0 saturated carbocycles. The number of aromatic nitrogens is 2. The van der Waals surface area contributed by atoms with Crippen LogP contribution in [0.15, 0.2) is 59.4 Å². The van der Waals surface area contributed by atoms with E-state index in [0.29, 0.717) is 11.1 Å². The first-order chi connectivity index (χ1) is 13.1. The fourth-order valence-corrected chi connectivity index (χ4v) is 3.22. The van der Waals surface area contributed by atoms with E-state index in [4.69, 9.17) is 4.74 Å². The Labute approximate surface area is 155 Å². The number of nitrogens with one attached hydrogen (secondary N) is 1. The number of rotatable bonds is 4. The van der Waals surface area contributed by atoms with Gasteiger partial charge in [-0.25, -0.2) is 4.68 Å². The van der Waals surface area contributed by atoms with Crippen LogP contribution in [0.4, 0.5) is 0 Å². The van der Waals surface area contributed by atoms with Crippen molar-refractivity contribution in [2.45, 2.75) is 18.7 Å². The second-order valence-corrected chi connectivity index (χ2v) is 6.50. The van der Waals surface area contributed by atoms with Crippen LogP contribution in [-0.2, 0) is 16.1 Å². The molecule has 0 spiro atoms. The molecule has 2 heterocycles. The average Bonchev–Trinajstić information content (AvgIpc) is 3.09. The summed E-state index contributed by atoms with van der Waals surface area (Å²) in [5, 5.41) is 18.2. The summed E-state index contributed by atoms with van der Waals surface area (Å²) in [6, 6.07) is 16.3. The molecule has 7 heteroatoms. The van der Waals surface area contributed by atoms with E-state index in [1.807, 2.05) is 42.5 Å². The highest BCUT2D eigenvalue weighted by Gasteiger charge is 2.27. The maximum absolute atomic E-state index is 12.8. The first kappa shape index (κ1) is 17.4. The van der Waals surface area contributed by atoms with Gasteiger partial charge in [-0.15, -0.1) is 0 Å². The van der Waals surface area contributed by atoms with Crippen LogP contribution in [0.2, 0.25) is 0 Å². The predicted molar refractivity (Wildman–Crippen MR) is 100 cm³/mol. The minimum absolute atomic E-state index is 0.192. The fraction of sp³-hybridized carbons (Fsp3) is 0.250. The largest absolute Gasteiger partial charge is 0.388 e. The Morgan fingerprint density at radius 3 is 2.52 bits per heavy atom. The Morgan fingerprint density at radius 1 is 1.11 bits per heavy atom. The van der Waals surface area contributed by atoms with Crippen LogP contribution in [0.1, 0.15) is 0 Å². The first-order valence-electron chi connectivity index (χ1n) is 8.74. The van der Waals surface area contributed by atoms with Crippen molar-refractivity contribution in [3.63, 3.8) is 0 Å². The SMILES string of the molecule is O=C(Cn1nc(-c2ccccc2)c2ccccc2c1=O)N[C@H]1COC[C@@H]1O. The molecule has 1 fully saturated rings. The topological polar surface area (TPSA) is 93.5 Å². The van der Waals surface area contributed by atoms with Gasteiger partial charge in [-0.1, -0.05) is 48.5 Å². The Kier molecular flexibility index (Phi) is 4.70. The summed E-state index contributed by atoms with van der Waals surface area (Å²) in [4.78, 5) is 25.2. The van der Waals surface area contributed by atoms with E-state index in [9.17, 15) is 14.7 Å². The van der Waals surface area contributed by atoms with Crippen molar-refractivity contribution in [1.82, 2.24) is 15.1 Å². The van der Waals surface area contributed by atoms with Crippen molar-refractivity contribution >= 4 is 16.7 Å². The van der Waals surface area contributed by atoms with Crippen molar-refractivity contribution in [1.29, 1.82) is 0 Å². The van der Waals surface area contributed by atoms with Crippen LogP contribution >= 0.6 is 0 Å². The molecule has 0 bridgehead atoms. The molecule has 27 heavy (non-hydrogen) atoms. The number of carbonyl (C=O) groups excluding carboxylic acids is 1. The highest BCUT2D eigenvalue weighted by molar-refractivity contribution is 5.93. The molecule has 1 aromatic heterocycles. The zero-order valence-corrected chi connectivity index (χ0v) is 14.5. The summed E-state index contributed by atoms with van der Waals surface area (Å²) in [5.41, 5.74) is 1.17. The minimum Gasteiger partial charge on any atom is -0.388 e. The number of carbonyl (C=O) groups is 1. The van der Waals surface area contributed by atoms with E-state index in [2.05, 4.69) is 10.4 Å². The Hall–Kier alpha value is -3.03. The number of benzene rings is 2. The molecule has 3 aromatic rings. The van der Waals surface area contributed by atoms with Gasteiger partial charge in [0.05, 0.1) is 36.4 Å². The third-order valence-electron chi connectivity index (χ3n) is 4.61. The number of fused-ring (bicyclic) bond motifs is 1. The summed E-state index contributed by atoms with van der Waals surface area (Å²) >= 11 is 0. The van der Waals surface area contributed by atoms with Crippen LogP contribution in [0.5, 0.6) is 0 Å². The smallest absolute Gasteiger partial charge is 0.275 e. The van der Waals surface area contributed by atoms with Gasteiger partial charge in [-0.05, 0) is 6.07 Å². The lowest BCUT2D eigenvalue weighted by molar-refractivity contribution is -0.123. The zero-order valence-electron chi connectivity index (χ0n) is 14.5. The van der Waals surface area contributed by atoms with Gasteiger partial charge in [-0.2, -0.15) is 5.10 Å². The fourth-order valence-electron chi connectivity index (χ4n) is 3.22. The zero-order chi connectivity index (χ0) is 18.8. The monoisotopic (exact) mass is 365 g/mol. The molecule has 0 aliphatic carbocycles. The minimum atomic E-state index is -0.741. The first-order valence-corrected chi connectivity index (χ1v) is 8.74. The highest BCUT2D eigenvalue weighted by Crippen LogP contribution is 2.24. The summed E-state index contributed by atoms with van der Waals surface area (Å²) < 4.78 is 6.30. The summed E-state index contributed by atoms with van der Waals surface area (Å²) in [6.45, 7) is 0.214. The molecular formula is C20H19N3O4. The number of aliphatic hydroxyl groups excluding tert-OH is 1. The van der Waals surface area contributed by atoms with E-state index in [0.717, 1.165) is 10.9 Å². The van der Waals surface area contributed by atoms with Gasteiger partial charge >= 0.3 is 0 Å². The lowest BCUT2D eigenvalue weighted by atomic mass is 10.1. The molecule has 4 rings (SSSR count). The molecule has 138 valence electrons. The van der Waals surface area contributed by atoms with Gasteiger partial charge < -0.3 is 15.2 Å². The van der Waals surface area contributed by atoms with E-state index in [1.54, 1.807) is 12.1 Å². The lowest BCUT2D eigenvalue weighted by Gasteiger charge is -2.15. The number of hydrogen-bond acceptors (Lipinski definition) is 5. The molecule has 2 atom stereocenters. The van der Waals surface area contributed by atoms with E-state index < -0.39 is 18.1 Å². The molecule has 1 aliphatic heterocycles. The third kappa shape index (κ3) is 3.47. The maximum Gasteiger partial charge on any atom is 0.275 e. The predicted octanol–water partition coefficient (Wildman–Crippen LogP) is 0.939. The molecule has 2 N–H and O–H groups in total.